The normalized spacial score (nSPS) is 19.8. The third-order valence-corrected chi connectivity index (χ3v) is 6.43. The summed E-state index contributed by atoms with van der Waals surface area (Å²) in [6.07, 6.45) is 11.3. The molecule has 0 spiro atoms. The molecule has 1 aliphatic heterocycles. The van der Waals surface area contributed by atoms with Crippen LogP contribution in [0.2, 0.25) is 0 Å². The fourth-order valence-electron chi connectivity index (χ4n) is 4.73. The van der Waals surface area contributed by atoms with Crippen LogP contribution in [-0.4, -0.2) is 23.3 Å². The van der Waals surface area contributed by atoms with Gasteiger partial charge < -0.3 is 5.32 Å². The van der Waals surface area contributed by atoms with Gasteiger partial charge in [-0.1, -0.05) is 73.0 Å². The first kappa shape index (κ1) is 20.4. The van der Waals surface area contributed by atoms with E-state index >= 15 is 0 Å². The lowest BCUT2D eigenvalue weighted by Gasteiger charge is -2.15. The maximum absolute atomic E-state index is 11.9. The Labute approximate surface area is 187 Å². The summed E-state index contributed by atoms with van der Waals surface area (Å²) in [6, 6.07) is 16.6. The molecule has 0 radical (unpaired) electrons. The molecule has 2 unspecified atom stereocenters. The van der Waals surface area contributed by atoms with Gasteiger partial charge in [0.25, 0.3) is 0 Å². The second-order valence-corrected chi connectivity index (χ2v) is 8.62. The number of aromatic nitrogens is 1. The third kappa shape index (κ3) is 4.03. The van der Waals surface area contributed by atoms with E-state index in [0.29, 0.717) is 0 Å². The average Bonchev–Trinajstić information content (AvgIpc) is 3.10. The fraction of sp³-hybridized carbons (Fsp3) is 0.296. The number of unbranched alkanes of at least 4 members (excludes halogenated alkanes) is 3. The summed E-state index contributed by atoms with van der Waals surface area (Å²) >= 11 is 0. The van der Waals surface area contributed by atoms with E-state index in [4.69, 9.17) is 4.98 Å². The Bertz CT molecular complexity index is 1190. The van der Waals surface area contributed by atoms with Gasteiger partial charge in [-0.25, -0.2) is 4.98 Å². The third-order valence-electron chi connectivity index (χ3n) is 6.43. The SMILES string of the molecule is O=C1NC(=O)C2C=C(CCCCCCNc3c4ccccc4nc4ccccc34)C=CC12. The van der Waals surface area contributed by atoms with Crippen LogP contribution in [0.4, 0.5) is 5.69 Å². The van der Waals surface area contributed by atoms with Gasteiger partial charge in [0.15, 0.2) is 0 Å². The first-order chi connectivity index (χ1) is 15.7. The van der Waals surface area contributed by atoms with Gasteiger partial charge in [-0.2, -0.15) is 0 Å². The molecule has 1 saturated heterocycles. The Kier molecular flexibility index (Phi) is 5.71. The number of allylic oxidation sites excluding steroid dienone is 2. The number of para-hydroxylation sites is 2. The van der Waals surface area contributed by atoms with Gasteiger partial charge in [0.1, 0.15) is 0 Å². The highest BCUT2D eigenvalue weighted by molar-refractivity contribution is 6.08. The Hall–Kier alpha value is -3.47. The van der Waals surface area contributed by atoms with Gasteiger partial charge >= 0.3 is 0 Å². The minimum atomic E-state index is -0.309. The lowest BCUT2D eigenvalue weighted by molar-refractivity contribution is -0.125. The van der Waals surface area contributed by atoms with Crippen LogP contribution < -0.4 is 10.6 Å². The molecule has 5 nitrogen and oxygen atoms in total. The molecule has 1 fully saturated rings. The Morgan fingerprint density at radius 2 is 1.47 bits per heavy atom. The maximum Gasteiger partial charge on any atom is 0.234 e. The molecule has 32 heavy (non-hydrogen) atoms. The van der Waals surface area contributed by atoms with E-state index in [-0.39, 0.29) is 23.7 Å². The number of amides is 2. The van der Waals surface area contributed by atoms with Gasteiger partial charge in [0.2, 0.25) is 11.8 Å². The number of hydrogen-bond donors (Lipinski definition) is 2. The first-order valence-corrected chi connectivity index (χ1v) is 11.5. The summed E-state index contributed by atoms with van der Waals surface area (Å²) in [4.78, 5) is 28.4. The molecular formula is C27H27N3O2. The molecule has 5 heteroatoms. The zero-order chi connectivity index (χ0) is 21.9. The van der Waals surface area contributed by atoms with Gasteiger partial charge in [-0.05, 0) is 31.4 Å². The lowest BCUT2D eigenvalue weighted by atomic mass is 9.86. The molecule has 2 heterocycles. The van der Waals surface area contributed by atoms with Gasteiger partial charge in [-0.15, -0.1) is 0 Å². The van der Waals surface area contributed by atoms with Crippen molar-refractivity contribution in [3.05, 3.63) is 72.3 Å². The van der Waals surface area contributed by atoms with Crippen molar-refractivity contribution in [1.29, 1.82) is 0 Å². The van der Waals surface area contributed by atoms with E-state index in [1.807, 2.05) is 30.4 Å². The topological polar surface area (TPSA) is 71.1 Å². The second-order valence-electron chi connectivity index (χ2n) is 8.62. The number of pyridine rings is 1. The van der Waals surface area contributed by atoms with Crippen molar-refractivity contribution in [3.8, 4) is 0 Å². The zero-order valence-corrected chi connectivity index (χ0v) is 18.0. The standard InChI is InChI=1S/C27H27N3O2/c31-26-19-15-14-18(17-22(19)27(32)30-26)9-3-1-2-8-16-28-25-20-10-4-6-12-23(20)29-24-13-7-5-11-21(24)25/h4-7,10-15,17,19,22H,1-3,8-9,16H2,(H,28,29)(H,30,31,32). The quantitative estimate of drug-likeness (QED) is 0.298. The van der Waals surface area contributed by atoms with Crippen molar-refractivity contribution >= 4 is 39.3 Å². The number of hydrogen-bond acceptors (Lipinski definition) is 4. The van der Waals surface area contributed by atoms with E-state index in [0.717, 1.165) is 60.5 Å². The summed E-state index contributed by atoms with van der Waals surface area (Å²) in [5.41, 5.74) is 4.37. The largest absolute Gasteiger partial charge is 0.384 e. The number of rotatable bonds is 8. The molecule has 2 aliphatic rings. The van der Waals surface area contributed by atoms with Gasteiger partial charge in [0.05, 0.1) is 28.6 Å². The molecule has 2 amide bonds. The minimum Gasteiger partial charge on any atom is -0.384 e. The molecule has 2 aromatic carbocycles. The van der Waals surface area contributed by atoms with Crippen LogP contribution in [0.1, 0.15) is 32.1 Å². The number of imide groups is 1. The molecular weight excluding hydrogens is 398 g/mol. The molecule has 0 bridgehead atoms. The van der Waals surface area contributed by atoms with Crippen molar-refractivity contribution in [1.82, 2.24) is 10.3 Å². The number of benzene rings is 2. The van der Waals surface area contributed by atoms with Crippen LogP contribution >= 0.6 is 0 Å². The summed E-state index contributed by atoms with van der Waals surface area (Å²) in [6.45, 7) is 0.923. The predicted octanol–water partition coefficient (Wildman–Crippen LogP) is 5.14. The van der Waals surface area contributed by atoms with Crippen molar-refractivity contribution in [2.75, 3.05) is 11.9 Å². The second kappa shape index (κ2) is 8.95. The molecule has 162 valence electrons. The molecule has 2 atom stereocenters. The smallest absolute Gasteiger partial charge is 0.234 e. The molecule has 5 rings (SSSR count). The summed E-state index contributed by atoms with van der Waals surface area (Å²) in [5.74, 6) is -0.952. The molecule has 3 aromatic rings. The molecule has 1 aliphatic carbocycles. The van der Waals surface area contributed by atoms with Crippen LogP contribution in [0.3, 0.4) is 0 Å². The van der Waals surface area contributed by atoms with Gasteiger partial charge in [-0.3, -0.25) is 14.9 Å². The molecule has 1 aromatic heterocycles. The average molecular weight is 426 g/mol. The van der Waals surface area contributed by atoms with Crippen molar-refractivity contribution in [2.24, 2.45) is 11.8 Å². The van der Waals surface area contributed by atoms with Crippen LogP contribution in [0.15, 0.2) is 72.3 Å². The monoisotopic (exact) mass is 425 g/mol. The van der Waals surface area contributed by atoms with Crippen molar-refractivity contribution < 1.29 is 9.59 Å². The Morgan fingerprint density at radius 1 is 0.812 bits per heavy atom. The van der Waals surface area contributed by atoms with E-state index < -0.39 is 0 Å². The van der Waals surface area contributed by atoms with Crippen molar-refractivity contribution in [2.45, 2.75) is 32.1 Å². The zero-order valence-electron chi connectivity index (χ0n) is 18.0. The molecule has 0 saturated carbocycles. The highest BCUT2D eigenvalue weighted by Crippen LogP contribution is 2.31. The summed E-state index contributed by atoms with van der Waals surface area (Å²) < 4.78 is 0. The van der Waals surface area contributed by atoms with E-state index in [2.05, 4.69) is 47.0 Å². The highest BCUT2D eigenvalue weighted by Gasteiger charge is 2.39. The van der Waals surface area contributed by atoms with Crippen LogP contribution in [-0.2, 0) is 9.59 Å². The molecule has 2 N–H and O–H groups in total. The summed E-state index contributed by atoms with van der Waals surface area (Å²) in [7, 11) is 0. The number of anilines is 1. The number of fused-ring (bicyclic) bond motifs is 3. The number of nitrogens with zero attached hydrogens (tertiary/aromatic N) is 1. The highest BCUT2D eigenvalue weighted by atomic mass is 16.2. The summed E-state index contributed by atoms with van der Waals surface area (Å²) in [5, 5.41) is 8.41. The van der Waals surface area contributed by atoms with Crippen molar-refractivity contribution in [3.63, 3.8) is 0 Å². The first-order valence-electron chi connectivity index (χ1n) is 11.5. The van der Waals surface area contributed by atoms with E-state index in [9.17, 15) is 9.59 Å². The Balaban J connectivity index is 1.12. The lowest BCUT2D eigenvalue weighted by Crippen LogP contribution is -2.21. The Morgan fingerprint density at radius 3 is 2.22 bits per heavy atom. The number of carbonyl (C=O) groups excluding carboxylic acids is 2. The maximum atomic E-state index is 11.9. The van der Waals surface area contributed by atoms with Crippen LogP contribution in [0, 0.1) is 11.8 Å². The number of nitrogens with one attached hydrogen (secondary N) is 2. The fourth-order valence-corrected chi connectivity index (χ4v) is 4.73. The predicted molar refractivity (Wildman–Crippen MR) is 128 cm³/mol. The van der Waals surface area contributed by atoms with Crippen LogP contribution in [0.25, 0.3) is 21.8 Å². The minimum absolute atomic E-state index is 0.163. The van der Waals surface area contributed by atoms with Crippen LogP contribution in [0.5, 0.6) is 0 Å². The van der Waals surface area contributed by atoms with E-state index in [1.165, 1.54) is 11.3 Å². The number of carbonyl (C=O) groups is 2. The van der Waals surface area contributed by atoms with E-state index in [1.54, 1.807) is 0 Å². The van der Waals surface area contributed by atoms with Gasteiger partial charge in [0, 0.05) is 17.3 Å².